The zero-order chi connectivity index (χ0) is 17.9. The number of nitrogens with one attached hydrogen (secondary N) is 2. The summed E-state index contributed by atoms with van der Waals surface area (Å²) in [5.74, 6) is 0.0536. The monoisotopic (exact) mass is 340 g/mol. The average molecular weight is 340 g/mol. The van der Waals surface area contributed by atoms with E-state index < -0.39 is 0 Å². The predicted octanol–water partition coefficient (Wildman–Crippen LogP) is 2.58. The summed E-state index contributed by atoms with van der Waals surface area (Å²) in [4.78, 5) is 12.2. The molecule has 3 rings (SSSR count). The Morgan fingerprint density at radius 3 is 2.60 bits per heavy atom. The largest absolute Gasteiger partial charge is 0.354 e. The third kappa shape index (κ3) is 4.28. The molecule has 5 heteroatoms. The maximum absolute atomic E-state index is 12.2. The molecule has 0 unspecified atom stereocenters. The van der Waals surface area contributed by atoms with E-state index in [0.717, 1.165) is 24.9 Å². The van der Waals surface area contributed by atoms with Crippen LogP contribution in [0.15, 0.2) is 42.7 Å². The molecular weight excluding hydrogens is 312 g/mol. The lowest BCUT2D eigenvalue weighted by atomic mass is 9.96. The van der Waals surface area contributed by atoms with Crippen molar-refractivity contribution in [3.63, 3.8) is 0 Å². The SMILES string of the molecule is Cc1cnn([C@H](C)[C@H](C)NCC(=O)NCC2(c3ccccc3)CC2)c1. The number of carbonyl (C=O) groups excluding carboxylic acids is 1. The van der Waals surface area contributed by atoms with E-state index in [4.69, 9.17) is 0 Å². The summed E-state index contributed by atoms with van der Waals surface area (Å²) in [5.41, 5.74) is 2.63. The van der Waals surface area contributed by atoms with Gasteiger partial charge in [-0.15, -0.1) is 0 Å². The van der Waals surface area contributed by atoms with Crippen LogP contribution in [0.25, 0.3) is 0 Å². The maximum atomic E-state index is 12.2. The Kier molecular flexibility index (Phi) is 5.23. The lowest BCUT2D eigenvalue weighted by Crippen LogP contribution is -2.43. The number of aryl methyl sites for hydroxylation is 1. The van der Waals surface area contributed by atoms with Crippen LogP contribution in [0.2, 0.25) is 0 Å². The Hall–Kier alpha value is -2.14. The van der Waals surface area contributed by atoms with E-state index in [9.17, 15) is 4.79 Å². The summed E-state index contributed by atoms with van der Waals surface area (Å²) in [6, 6.07) is 10.8. The molecule has 0 bridgehead atoms. The van der Waals surface area contributed by atoms with Gasteiger partial charge in [0.25, 0.3) is 0 Å². The molecule has 1 aliphatic rings. The molecule has 0 spiro atoms. The average Bonchev–Trinajstić information content (AvgIpc) is 3.31. The van der Waals surface area contributed by atoms with Crippen LogP contribution in [0.3, 0.4) is 0 Å². The number of hydrogen-bond donors (Lipinski definition) is 2. The number of benzene rings is 1. The van der Waals surface area contributed by atoms with Crippen LogP contribution in [-0.2, 0) is 10.2 Å². The van der Waals surface area contributed by atoms with Crippen molar-refractivity contribution in [2.45, 2.75) is 51.1 Å². The first kappa shape index (κ1) is 17.7. The molecule has 2 aromatic rings. The highest BCUT2D eigenvalue weighted by Crippen LogP contribution is 2.47. The third-order valence-corrected chi connectivity index (χ3v) is 5.32. The van der Waals surface area contributed by atoms with Gasteiger partial charge in [-0.3, -0.25) is 9.48 Å². The third-order valence-electron chi connectivity index (χ3n) is 5.32. The van der Waals surface area contributed by atoms with Crippen LogP contribution < -0.4 is 10.6 Å². The first-order valence-corrected chi connectivity index (χ1v) is 9.06. The lowest BCUT2D eigenvalue weighted by Gasteiger charge is -2.22. The number of rotatable bonds is 8. The van der Waals surface area contributed by atoms with E-state index in [-0.39, 0.29) is 23.4 Å². The Bertz CT molecular complexity index is 705. The molecule has 1 heterocycles. The van der Waals surface area contributed by atoms with Gasteiger partial charge in [-0.1, -0.05) is 30.3 Å². The van der Waals surface area contributed by atoms with Gasteiger partial charge < -0.3 is 10.6 Å². The number of amides is 1. The quantitative estimate of drug-likeness (QED) is 0.776. The van der Waals surface area contributed by atoms with Crippen LogP contribution in [0.1, 0.15) is 43.9 Å². The summed E-state index contributed by atoms with van der Waals surface area (Å²) >= 11 is 0. The summed E-state index contributed by atoms with van der Waals surface area (Å²) in [6.45, 7) is 7.27. The van der Waals surface area contributed by atoms with Gasteiger partial charge in [0.05, 0.1) is 18.8 Å². The van der Waals surface area contributed by atoms with Crippen molar-refractivity contribution in [1.29, 1.82) is 0 Å². The highest BCUT2D eigenvalue weighted by atomic mass is 16.1. The van der Waals surface area contributed by atoms with E-state index >= 15 is 0 Å². The van der Waals surface area contributed by atoms with Crippen LogP contribution in [-0.4, -0.2) is 34.8 Å². The number of nitrogens with zero attached hydrogens (tertiary/aromatic N) is 2. The minimum atomic E-state index is 0.0536. The van der Waals surface area contributed by atoms with Crippen LogP contribution in [0.4, 0.5) is 0 Å². The molecular formula is C20H28N4O. The van der Waals surface area contributed by atoms with Gasteiger partial charge in [-0.25, -0.2) is 0 Å². The van der Waals surface area contributed by atoms with E-state index in [0.29, 0.717) is 6.54 Å². The highest BCUT2D eigenvalue weighted by Gasteiger charge is 2.44. The summed E-state index contributed by atoms with van der Waals surface area (Å²) in [5, 5.41) is 10.8. The van der Waals surface area contributed by atoms with E-state index in [1.165, 1.54) is 5.56 Å². The minimum absolute atomic E-state index is 0.0536. The molecule has 1 aromatic heterocycles. The normalized spacial score (nSPS) is 17.7. The molecule has 1 aromatic carbocycles. The molecule has 2 atom stereocenters. The second-order valence-electron chi connectivity index (χ2n) is 7.33. The van der Waals surface area contributed by atoms with Crippen molar-refractivity contribution in [1.82, 2.24) is 20.4 Å². The topological polar surface area (TPSA) is 59.0 Å². The smallest absolute Gasteiger partial charge is 0.233 e. The summed E-state index contributed by atoms with van der Waals surface area (Å²) < 4.78 is 1.94. The van der Waals surface area contributed by atoms with Crippen molar-refractivity contribution in [2.75, 3.05) is 13.1 Å². The molecule has 0 saturated heterocycles. The van der Waals surface area contributed by atoms with Crippen LogP contribution in [0.5, 0.6) is 0 Å². The Labute approximate surface area is 149 Å². The molecule has 0 aliphatic heterocycles. The number of carbonyl (C=O) groups is 1. The van der Waals surface area contributed by atoms with Crippen molar-refractivity contribution in [2.24, 2.45) is 0 Å². The van der Waals surface area contributed by atoms with Gasteiger partial charge in [-0.2, -0.15) is 5.10 Å². The molecule has 25 heavy (non-hydrogen) atoms. The van der Waals surface area contributed by atoms with E-state index in [2.05, 4.69) is 53.8 Å². The van der Waals surface area contributed by atoms with Gasteiger partial charge in [-0.05, 0) is 44.7 Å². The van der Waals surface area contributed by atoms with E-state index in [1.54, 1.807) is 0 Å². The first-order valence-electron chi connectivity index (χ1n) is 9.06. The number of hydrogen-bond acceptors (Lipinski definition) is 3. The standard InChI is InChI=1S/C20H28N4O/c1-15-11-23-24(13-15)17(3)16(2)21-12-19(25)22-14-20(9-10-20)18-7-5-4-6-8-18/h4-8,11,13,16-17,21H,9-10,12,14H2,1-3H3,(H,22,25)/t16-,17+/m0/s1. The zero-order valence-corrected chi connectivity index (χ0v) is 15.3. The molecule has 1 amide bonds. The van der Waals surface area contributed by atoms with E-state index in [1.807, 2.05) is 30.1 Å². The highest BCUT2D eigenvalue weighted by molar-refractivity contribution is 5.78. The van der Waals surface area contributed by atoms with Crippen molar-refractivity contribution in [3.05, 3.63) is 53.9 Å². The van der Waals surface area contributed by atoms with Gasteiger partial charge in [0, 0.05) is 24.2 Å². The second-order valence-corrected chi connectivity index (χ2v) is 7.33. The van der Waals surface area contributed by atoms with Gasteiger partial charge in [0.2, 0.25) is 5.91 Å². The Morgan fingerprint density at radius 1 is 1.28 bits per heavy atom. The summed E-state index contributed by atoms with van der Waals surface area (Å²) in [6.07, 6.45) is 6.18. The van der Waals surface area contributed by atoms with Gasteiger partial charge in [0.1, 0.15) is 0 Å². The minimum Gasteiger partial charge on any atom is -0.354 e. The number of aromatic nitrogens is 2. The Balaban J connectivity index is 1.44. The molecule has 0 radical (unpaired) electrons. The Morgan fingerprint density at radius 2 is 2.00 bits per heavy atom. The predicted molar refractivity (Wildman–Crippen MR) is 99.5 cm³/mol. The first-order chi connectivity index (χ1) is 12.0. The fourth-order valence-electron chi connectivity index (χ4n) is 3.15. The lowest BCUT2D eigenvalue weighted by molar-refractivity contribution is -0.120. The van der Waals surface area contributed by atoms with Crippen molar-refractivity contribution < 1.29 is 4.79 Å². The zero-order valence-electron chi connectivity index (χ0n) is 15.3. The van der Waals surface area contributed by atoms with Gasteiger partial charge >= 0.3 is 0 Å². The molecule has 134 valence electrons. The molecule has 2 N–H and O–H groups in total. The molecule has 1 saturated carbocycles. The molecule has 1 aliphatic carbocycles. The molecule has 1 fully saturated rings. The van der Waals surface area contributed by atoms with Crippen LogP contribution in [0, 0.1) is 6.92 Å². The van der Waals surface area contributed by atoms with Gasteiger partial charge in [0.15, 0.2) is 0 Å². The maximum Gasteiger partial charge on any atom is 0.233 e. The van der Waals surface area contributed by atoms with Crippen molar-refractivity contribution >= 4 is 5.91 Å². The molecule has 5 nitrogen and oxygen atoms in total. The second kappa shape index (κ2) is 7.40. The fourth-order valence-corrected chi connectivity index (χ4v) is 3.15. The fraction of sp³-hybridized carbons (Fsp3) is 0.500. The summed E-state index contributed by atoms with van der Waals surface area (Å²) in [7, 11) is 0. The van der Waals surface area contributed by atoms with Crippen LogP contribution >= 0.6 is 0 Å². The van der Waals surface area contributed by atoms with Crippen molar-refractivity contribution in [3.8, 4) is 0 Å².